The minimum Gasteiger partial charge on any atom is -0.488 e. The van der Waals surface area contributed by atoms with Gasteiger partial charge in [-0.1, -0.05) is 72.4 Å². The minimum absolute atomic E-state index is 0.548. The second-order valence-corrected chi connectivity index (χ2v) is 9.21. The Hall–Kier alpha value is -2.21. The number of nitrogens with zero attached hydrogens (tertiary/aromatic N) is 2. The first-order valence-electron chi connectivity index (χ1n) is 10.6. The maximum Gasteiger partial charge on any atom is 0.134 e. The van der Waals surface area contributed by atoms with Gasteiger partial charge in [-0.15, -0.1) is 0 Å². The van der Waals surface area contributed by atoms with Crippen LogP contribution in [0.3, 0.4) is 0 Å². The number of rotatable bonds is 6. The smallest absolute Gasteiger partial charge is 0.134 e. The first kappa shape index (κ1) is 22.0. The van der Waals surface area contributed by atoms with Crippen LogP contribution in [0.1, 0.15) is 22.3 Å². The molecule has 31 heavy (non-hydrogen) atoms. The molecule has 1 fully saturated rings. The van der Waals surface area contributed by atoms with E-state index in [-0.39, 0.29) is 0 Å². The zero-order chi connectivity index (χ0) is 21.6. The first-order chi connectivity index (χ1) is 15.1. The topological polar surface area (TPSA) is 15.7 Å². The van der Waals surface area contributed by atoms with E-state index in [4.69, 9.17) is 17.0 Å². The van der Waals surface area contributed by atoms with Crippen molar-refractivity contribution >= 4 is 33.1 Å². The average Bonchev–Trinajstić information content (AvgIpc) is 2.80. The van der Waals surface area contributed by atoms with Crippen LogP contribution in [0.15, 0.2) is 77.3 Å². The van der Waals surface area contributed by atoms with Crippen molar-refractivity contribution in [2.45, 2.75) is 20.1 Å². The third kappa shape index (κ3) is 5.94. The summed E-state index contributed by atoms with van der Waals surface area (Å²) in [6, 6.07) is 25.2. The van der Waals surface area contributed by atoms with Gasteiger partial charge >= 0.3 is 0 Å². The Morgan fingerprint density at radius 1 is 0.903 bits per heavy atom. The lowest BCUT2D eigenvalue weighted by Gasteiger charge is -2.36. The molecule has 0 aliphatic carbocycles. The number of aryl methyl sites for hydroxylation is 1. The molecule has 0 N–H and O–H groups in total. The molecule has 3 aromatic rings. The molecule has 0 aromatic heterocycles. The van der Waals surface area contributed by atoms with Gasteiger partial charge < -0.3 is 9.64 Å². The normalized spacial score (nSPS) is 14.5. The Labute approximate surface area is 198 Å². The van der Waals surface area contributed by atoms with E-state index in [0.29, 0.717) is 6.61 Å². The fourth-order valence-corrected chi connectivity index (χ4v) is 4.53. The van der Waals surface area contributed by atoms with Gasteiger partial charge in [-0.2, -0.15) is 0 Å². The molecule has 3 nitrogen and oxygen atoms in total. The third-order valence-corrected chi connectivity index (χ3v) is 6.72. The van der Waals surface area contributed by atoms with Gasteiger partial charge in [-0.05, 0) is 52.2 Å². The van der Waals surface area contributed by atoms with Crippen LogP contribution in [0.4, 0.5) is 0 Å². The van der Waals surface area contributed by atoms with E-state index in [2.05, 4.69) is 99.4 Å². The van der Waals surface area contributed by atoms with E-state index in [0.717, 1.165) is 59.1 Å². The van der Waals surface area contributed by atoms with Gasteiger partial charge in [0.1, 0.15) is 17.3 Å². The van der Waals surface area contributed by atoms with Crippen molar-refractivity contribution in [1.82, 2.24) is 9.80 Å². The van der Waals surface area contributed by atoms with Crippen molar-refractivity contribution in [2.24, 2.45) is 0 Å². The molecule has 1 saturated heterocycles. The lowest BCUT2D eigenvalue weighted by Crippen LogP contribution is -2.48. The van der Waals surface area contributed by atoms with Crippen LogP contribution in [0.5, 0.6) is 5.75 Å². The SMILES string of the molecule is Cc1ccc(COc2ccc(C(=S)N3CCN(Cc4ccccc4)CC3)cc2Br)cc1. The van der Waals surface area contributed by atoms with Crippen LogP contribution in [0.25, 0.3) is 0 Å². The average molecular weight is 495 g/mol. The van der Waals surface area contributed by atoms with Crippen molar-refractivity contribution < 1.29 is 4.74 Å². The predicted octanol–water partition coefficient (Wildman–Crippen LogP) is 5.83. The standard InChI is InChI=1S/C26H27BrN2OS/c1-20-7-9-22(10-8-20)19-30-25-12-11-23(17-24(25)27)26(31)29-15-13-28(14-16-29)18-21-5-3-2-4-6-21/h2-12,17H,13-16,18-19H2,1H3. The number of halogens is 1. The highest BCUT2D eigenvalue weighted by Gasteiger charge is 2.20. The lowest BCUT2D eigenvalue weighted by molar-refractivity contribution is 0.177. The molecular weight excluding hydrogens is 468 g/mol. The monoisotopic (exact) mass is 494 g/mol. The second-order valence-electron chi connectivity index (χ2n) is 7.97. The molecule has 1 heterocycles. The quantitative estimate of drug-likeness (QED) is 0.400. The van der Waals surface area contributed by atoms with Gasteiger partial charge in [0.05, 0.1) is 4.47 Å². The maximum atomic E-state index is 6.00. The van der Waals surface area contributed by atoms with Crippen molar-refractivity contribution in [3.63, 3.8) is 0 Å². The van der Waals surface area contributed by atoms with Crippen molar-refractivity contribution in [1.29, 1.82) is 0 Å². The summed E-state index contributed by atoms with van der Waals surface area (Å²) in [6.07, 6.45) is 0. The van der Waals surface area contributed by atoms with E-state index < -0.39 is 0 Å². The summed E-state index contributed by atoms with van der Waals surface area (Å²) < 4.78 is 6.94. The summed E-state index contributed by atoms with van der Waals surface area (Å²) in [5, 5.41) is 0. The van der Waals surface area contributed by atoms with Crippen molar-refractivity contribution in [2.75, 3.05) is 26.2 Å². The summed E-state index contributed by atoms with van der Waals surface area (Å²) in [6.45, 7) is 7.59. The largest absolute Gasteiger partial charge is 0.488 e. The van der Waals surface area contributed by atoms with Gasteiger partial charge in [-0.3, -0.25) is 4.90 Å². The predicted molar refractivity (Wildman–Crippen MR) is 135 cm³/mol. The molecule has 5 heteroatoms. The van der Waals surface area contributed by atoms with E-state index in [1.807, 2.05) is 6.07 Å². The molecule has 0 spiro atoms. The summed E-state index contributed by atoms with van der Waals surface area (Å²) in [4.78, 5) is 5.71. The number of thiocarbonyl (C=S) groups is 1. The summed E-state index contributed by atoms with van der Waals surface area (Å²) >= 11 is 9.47. The zero-order valence-electron chi connectivity index (χ0n) is 17.8. The van der Waals surface area contributed by atoms with Crippen LogP contribution in [-0.4, -0.2) is 41.0 Å². The number of ether oxygens (including phenoxy) is 1. The molecule has 4 rings (SSSR count). The summed E-state index contributed by atoms with van der Waals surface area (Å²) in [7, 11) is 0. The third-order valence-electron chi connectivity index (χ3n) is 5.60. The lowest BCUT2D eigenvalue weighted by atomic mass is 10.1. The zero-order valence-corrected chi connectivity index (χ0v) is 20.2. The van der Waals surface area contributed by atoms with Crippen molar-refractivity contribution in [3.8, 4) is 5.75 Å². The van der Waals surface area contributed by atoms with Gasteiger partial charge in [0.25, 0.3) is 0 Å². The number of hydrogen-bond acceptors (Lipinski definition) is 3. The molecule has 1 aliphatic heterocycles. The van der Waals surface area contributed by atoms with Crippen molar-refractivity contribution in [3.05, 3.63) is 99.5 Å². The van der Waals surface area contributed by atoms with Gasteiger partial charge in [-0.25, -0.2) is 0 Å². The molecule has 0 radical (unpaired) electrons. The minimum atomic E-state index is 0.548. The van der Waals surface area contributed by atoms with E-state index >= 15 is 0 Å². The van der Waals surface area contributed by atoms with E-state index in [9.17, 15) is 0 Å². The molecule has 1 aliphatic rings. The van der Waals surface area contributed by atoms with Crippen LogP contribution < -0.4 is 4.74 Å². The van der Waals surface area contributed by atoms with Crippen LogP contribution in [0.2, 0.25) is 0 Å². The molecule has 0 unspecified atom stereocenters. The molecule has 0 bridgehead atoms. The van der Waals surface area contributed by atoms with Gasteiger partial charge in [0.2, 0.25) is 0 Å². The summed E-state index contributed by atoms with van der Waals surface area (Å²) in [5.74, 6) is 0.833. The fourth-order valence-electron chi connectivity index (χ4n) is 3.73. The Kier molecular flexibility index (Phi) is 7.38. The van der Waals surface area contributed by atoms with Crippen LogP contribution >= 0.6 is 28.1 Å². The Morgan fingerprint density at radius 2 is 1.61 bits per heavy atom. The first-order valence-corrected chi connectivity index (χ1v) is 11.8. The molecule has 0 amide bonds. The highest BCUT2D eigenvalue weighted by molar-refractivity contribution is 9.10. The Balaban J connectivity index is 1.31. The molecule has 3 aromatic carbocycles. The number of hydrogen-bond donors (Lipinski definition) is 0. The van der Waals surface area contributed by atoms with Gasteiger partial charge in [0, 0.05) is 38.3 Å². The molecular formula is C26H27BrN2OS. The highest BCUT2D eigenvalue weighted by Crippen LogP contribution is 2.28. The van der Waals surface area contributed by atoms with Crippen LogP contribution in [-0.2, 0) is 13.2 Å². The second kappa shape index (κ2) is 10.4. The highest BCUT2D eigenvalue weighted by atomic mass is 79.9. The van der Waals surface area contributed by atoms with E-state index in [1.54, 1.807) is 0 Å². The Bertz CT molecular complexity index is 1020. The number of piperazine rings is 1. The summed E-state index contributed by atoms with van der Waals surface area (Å²) in [5.41, 5.74) is 4.83. The van der Waals surface area contributed by atoms with Gasteiger partial charge in [0.15, 0.2) is 0 Å². The van der Waals surface area contributed by atoms with Crippen LogP contribution in [0, 0.1) is 6.92 Å². The molecule has 0 atom stereocenters. The molecule has 160 valence electrons. The Morgan fingerprint density at radius 3 is 2.29 bits per heavy atom. The maximum absolute atomic E-state index is 6.00. The van der Waals surface area contributed by atoms with E-state index in [1.165, 1.54) is 11.1 Å². The number of benzene rings is 3. The molecule has 0 saturated carbocycles. The fraction of sp³-hybridized carbons (Fsp3) is 0.269.